The average Bonchev–Trinajstić information content (AvgIpc) is 2.65. The molecule has 0 bridgehead atoms. The van der Waals surface area contributed by atoms with Crippen LogP contribution in [-0.2, 0) is 6.54 Å². The number of rotatable bonds is 2. The van der Waals surface area contributed by atoms with Gasteiger partial charge in [-0.3, -0.25) is 0 Å². The highest BCUT2D eigenvalue weighted by atomic mass is 35.5. The van der Waals surface area contributed by atoms with Gasteiger partial charge in [-0.05, 0) is 28.6 Å². The van der Waals surface area contributed by atoms with E-state index in [1.165, 1.54) is 0 Å². The predicted octanol–water partition coefficient (Wildman–Crippen LogP) is 3.53. The highest BCUT2D eigenvalue weighted by Gasteiger charge is 2.04. The van der Waals surface area contributed by atoms with Crippen LogP contribution >= 0.6 is 22.9 Å². The van der Waals surface area contributed by atoms with Crippen LogP contribution in [0.5, 0.6) is 0 Å². The molecule has 14 heavy (non-hydrogen) atoms. The lowest BCUT2D eigenvalue weighted by Crippen LogP contribution is -1.95. The number of halogens is 1. The van der Waals surface area contributed by atoms with Gasteiger partial charge in [0.25, 0.3) is 0 Å². The van der Waals surface area contributed by atoms with Gasteiger partial charge in [-0.25, -0.2) is 0 Å². The van der Waals surface area contributed by atoms with E-state index in [0.29, 0.717) is 6.54 Å². The zero-order valence-electron chi connectivity index (χ0n) is 7.53. The molecule has 0 aliphatic heterocycles. The predicted molar refractivity (Wildman–Crippen MR) is 62.7 cm³/mol. The average molecular weight is 224 g/mol. The lowest BCUT2D eigenvalue weighted by atomic mass is 10.1. The topological polar surface area (TPSA) is 26.0 Å². The molecule has 3 heteroatoms. The van der Waals surface area contributed by atoms with Crippen LogP contribution in [0.3, 0.4) is 0 Å². The Morgan fingerprint density at radius 2 is 2.14 bits per heavy atom. The number of hydrogen-bond acceptors (Lipinski definition) is 2. The van der Waals surface area contributed by atoms with Crippen LogP contribution in [0.15, 0.2) is 35.7 Å². The third kappa shape index (κ3) is 1.82. The summed E-state index contributed by atoms with van der Waals surface area (Å²) in [4.78, 5) is 1.11. The molecule has 0 saturated carbocycles. The Morgan fingerprint density at radius 1 is 1.29 bits per heavy atom. The monoisotopic (exact) mass is 223 g/mol. The number of hydrogen-bond donors (Lipinski definition) is 1. The summed E-state index contributed by atoms with van der Waals surface area (Å²) in [5.74, 6) is 0. The van der Waals surface area contributed by atoms with Crippen molar-refractivity contribution in [1.29, 1.82) is 0 Å². The summed E-state index contributed by atoms with van der Waals surface area (Å²) in [7, 11) is 0. The summed E-state index contributed by atoms with van der Waals surface area (Å²) in [6.07, 6.45) is 0. The van der Waals surface area contributed by atoms with Crippen LogP contribution in [0, 0.1) is 0 Å². The minimum atomic E-state index is 0.566. The van der Waals surface area contributed by atoms with Crippen molar-refractivity contribution in [3.63, 3.8) is 0 Å². The molecule has 72 valence electrons. The van der Waals surface area contributed by atoms with E-state index in [0.717, 1.165) is 21.0 Å². The van der Waals surface area contributed by atoms with E-state index in [9.17, 15) is 0 Å². The maximum atomic E-state index is 6.05. The summed E-state index contributed by atoms with van der Waals surface area (Å²) >= 11 is 7.70. The maximum absolute atomic E-state index is 6.05. The minimum absolute atomic E-state index is 0.566. The molecule has 0 aliphatic carbocycles. The quantitative estimate of drug-likeness (QED) is 0.828. The Bertz CT molecular complexity index is 436. The maximum Gasteiger partial charge on any atom is 0.0592 e. The molecule has 0 amide bonds. The summed E-state index contributed by atoms with van der Waals surface area (Å²) in [5.41, 5.74) is 7.86. The molecule has 2 N–H and O–H groups in total. The van der Waals surface area contributed by atoms with Crippen molar-refractivity contribution in [2.24, 2.45) is 5.73 Å². The molecule has 0 aliphatic rings. The van der Waals surface area contributed by atoms with Gasteiger partial charge in [0.1, 0.15) is 0 Å². The molecule has 0 unspecified atom stereocenters. The standard InChI is InChI=1S/C11H10ClNS/c12-10-4-5-14-11(10)9-3-1-2-8(6-9)7-13/h1-6H,7,13H2. The molecule has 0 atom stereocenters. The Morgan fingerprint density at radius 3 is 2.79 bits per heavy atom. The molecule has 0 fully saturated rings. The first kappa shape index (κ1) is 9.71. The second-order valence-electron chi connectivity index (χ2n) is 3.00. The van der Waals surface area contributed by atoms with E-state index >= 15 is 0 Å². The zero-order chi connectivity index (χ0) is 9.97. The largest absolute Gasteiger partial charge is 0.326 e. The first-order chi connectivity index (χ1) is 6.81. The van der Waals surface area contributed by atoms with Crippen LogP contribution in [0.25, 0.3) is 10.4 Å². The van der Waals surface area contributed by atoms with E-state index in [4.69, 9.17) is 17.3 Å². The van der Waals surface area contributed by atoms with Gasteiger partial charge < -0.3 is 5.73 Å². The van der Waals surface area contributed by atoms with Crippen LogP contribution in [0.2, 0.25) is 5.02 Å². The fourth-order valence-corrected chi connectivity index (χ4v) is 2.50. The van der Waals surface area contributed by atoms with Crippen molar-refractivity contribution in [3.8, 4) is 10.4 Å². The lowest BCUT2D eigenvalue weighted by Gasteiger charge is -2.01. The van der Waals surface area contributed by atoms with Crippen molar-refractivity contribution in [2.45, 2.75) is 6.54 Å². The van der Waals surface area contributed by atoms with Gasteiger partial charge in [-0.15, -0.1) is 11.3 Å². The van der Waals surface area contributed by atoms with Gasteiger partial charge in [0.05, 0.1) is 9.90 Å². The molecular weight excluding hydrogens is 214 g/mol. The highest BCUT2D eigenvalue weighted by molar-refractivity contribution is 7.14. The van der Waals surface area contributed by atoms with Crippen LogP contribution in [0.4, 0.5) is 0 Å². The molecule has 1 heterocycles. The van der Waals surface area contributed by atoms with Crippen molar-refractivity contribution < 1.29 is 0 Å². The molecule has 1 nitrogen and oxygen atoms in total. The molecule has 2 rings (SSSR count). The number of benzene rings is 1. The SMILES string of the molecule is NCc1cccc(-c2sccc2Cl)c1. The van der Waals surface area contributed by atoms with Crippen molar-refractivity contribution in [1.82, 2.24) is 0 Å². The van der Waals surface area contributed by atoms with Gasteiger partial charge in [0.2, 0.25) is 0 Å². The molecule has 2 aromatic rings. The van der Waals surface area contributed by atoms with E-state index < -0.39 is 0 Å². The van der Waals surface area contributed by atoms with Crippen molar-refractivity contribution in [3.05, 3.63) is 46.3 Å². The molecule has 0 radical (unpaired) electrons. The van der Waals surface area contributed by atoms with Gasteiger partial charge in [-0.2, -0.15) is 0 Å². The smallest absolute Gasteiger partial charge is 0.0592 e. The zero-order valence-corrected chi connectivity index (χ0v) is 9.11. The number of thiophene rings is 1. The second kappa shape index (κ2) is 4.13. The van der Waals surface area contributed by atoms with E-state index in [1.807, 2.05) is 23.6 Å². The first-order valence-corrected chi connectivity index (χ1v) is 5.59. The van der Waals surface area contributed by atoms with E-state index in [-0.39, 0.29) is 0 Å². The molecular formula is C11H10ClNS. The molecule has 0 saturated heterocycles. The Labute approximate surface area is 92.1 Å². The second-order valence-corrected chi connectivity index (χ2v) is 4.33. The summed E-state index contributed by atoms with van der Waals surface area (Å²) in [5, 5.41) is 2.80. The van der Waals surface area contributed by atoms with Crippen LogP contribution in [0.1, 0.15) is 5.56 Å². The van der Waals surface area contributed by atoms with Gasteiger partial charge in [-0.1, -0.05) is 29.8 Å². The fraction of sp³-hybridized carbons (Fsp3) is 0.0909. The van der Waals surface area contributed by atoms with Crippen molar-refractivity contribution >= 4 is 22.9 Å². The Hall–Kier alpha value is -0.830. The van der Waals surface area contributed by atoms with Crippen molar-refractivity contribution in [2.75, 3.05) is 0 Å². The Balaban J connectivity index is 2.47. The molecule has 0 spiro atoms. The van der Waals surface area contributed by atoms with Gasteiger partial charge in [0, 0.05) is 6.54 Å². The summed E-state index contributed by atoms with van der Waals surface area (Å²) < 4.78 is 0. The van der Waals surface area contributed by atoms with Crippen LogP contribution < -0.4 is 5.73 Å². The molecule has 1 aromatic heterocycles. The first-order valence-electron chi connectivity index (χ1n) is 4.33. The normalized spacial score (nSPS) is 10.4. The molecule has 1 aromatic carbocycles. The van der Waals surface area contributed by atoms with E-state index in [1.54, 1.807) is 11.3 Å². The lowest BCUT2D eigenvalue weighted by molar-refractivity contribution is 1.07. The van der Waals surface area contributed by atoms with Crippen LogP contribution in [-0.4, -0.2) is 0 Å². The third-order valence-electron chi connectivity index (χ3n) is 2.04. The fourth-order valence-electron chi connectivity index (χ4n) is 1.34. The summed E-state index contributed by atoms with van der Waals surface area (Å²) in [6.45, 7) is 0.566. The Kier molecular flexibility index (Phi) is 2.87. The van der Waals surface area contributed by atoms with Gasteiger partial charge in [0.15, 0.2) is 0 Å². The third-order valence-corrected chi connectivity index (χ3v) is 3.43. The van der Waals surface area contributed by atoms with Gasteiger partial charge >= 0.3 is 0 Å². The number of nitrogens with two attached hydrogens (primary N) is 1. The van der Waals surface area contributed by atoms with E-state index in [2.05, 4.69) is 12.1 Å². The minimum Gasteiger partial charge on any atom is -0.326 e. The highest BCUT2D eigenvalue weighted by Crippen LogP contribution is 2.33. The summed E-state index contributed by atoms with van der Waals surface area (Å²) in [6, 6.07) is 10.1.